The molecule has 0 aliphatic heterocycles. The maximum absolute atomic E-state index is 13.8. The first-order valence-corrected chi connectivity index (χ1v) is 7.75. The molecule has 3 heteroatoms. The molecule has 0 radical (unpaired) electrons. The van der Waals surface area contributed by atoms with Crippen LogP contribution in [-0.2, 0) is 6.42 Å². The largest absolute Gasteiger partial charge is 0.394 e. The number of nitrogens with one attached hydrogen (secondary N) is 1. The average Bonchev–Trinajstić information content (AvgIpc) is 2.70. The quantitative estimate of drug-likeness (QED) is 0.809. The summed E-state index contributed by atoms with van der Waals surface area (Å²) in [4.78, 5) is 0. The highest BCUT2D eigenvalue weighted by Crippen LogP contribution is 2.22. The molecule has 1 saturated carbocycles. The van der Waals surface area contributed by atoms with Gasteiger partial charge in [0.2, 0.25) is 0 Å². The lowest BCUT2D eigenvalue weighted by Gasteiger charge is -2.34. The molecule has 2 rings (SSSR count). The fraction of sp³-hybridized carbons (Fsp3) is 0.647. The third-order valence-corrected chi connectivity index (χ3v) is 4.30. The van der Waals surface area contributed by atoms with Gasteiger partial charge < -0.3 is 10.4 Å². The van der Waals surface area contributed by atoms with Crippen LogP contribution in [0.2, 0.25) is 0 Å². The summed E-state index contributed by atoms with van der Waals surface area (Å²) in [6.07, 6.45) is 7.95. The zero-order chi connectivity index (χ0) is 14.4. The first kappa shape index (κ1) is 15.5. The van der Waals surface area contributed by atoms with Crippen LogP contribution in [0.25, 0.3) is 0 Å². The molecule has 0 saturated heterocycles. The predicted octanol–water partition coefficient (Wildman–Crippen LogP) is 3.43. The Morgan fingerprint density at radius 3 is 2.45 bits per heavy atom. The molecule has 1 atom stereocenters. The third-order valence-electron chi connectivity index (χ3n) is 4.30. The number of aliphatic hydroxyl groups excluding tert-OH is 1. The van der Waals surface area contributed by atoms with Crippen LogP contribution < -0.4 is 5.32 Å². The Morgan fingerprint density at radius 2 is 1.85 bits per heavy atom. The minimum atomic E-state index is -0.447. The standard InChI is InChI=1S/C17H26FNO/c1-17(13-20,12-14-8-6-7-11-16(14)18)19-15-9-4-2-3-5-10-15/h6-8,11,15,19-20H,2-5,9-10,12-13H2,1H3. The number of halogens is 1. The van der Waals surface area contributed by atoms with E-state index in [-0.39, 0.29) is 12.4 Å². The number of rotatable bonds is 5. The summed E-state index contributed by atoms with van der Waals surface area (Å²) in [5, 5.41) is 13.3. The van der Waals surface area contributed by atoms with Crippen molar-refractivity contribution in [1.82, 2.24) is 5.32 Å². The molecule has 20 heavy (non-hydrogen) atoms. The van der Waals surface area contributed by atoms with E-state index in [0.29, 0.717) is 18.0 Å². The van der Waals surface area contributed by atoms with E-state index < -0.39 is 5.54 Å². The lowest BCUT2D eigenvalue weighted by Crippen LogP contribution is -2.52. The zero-order valence-electron chi connectivity index (χ0n) is 12.4. The number of aliphatic hydroxyl groups is 1. The maximum atomic E-state index is 13.8. The monoisotopic (exact) mass is 279 g/mol. The summed E-state index contributed by atoms with van der Waals surface area (Å²) in [7, 11) is 0. The van der Waals surface area contributed by atoms with Gasteiger partial charge in [-0.3, -0.25) is 0 Å². The van der Waals surface area contributed by atoms with Crippen molar-refractivity contribution < 1.29 is 9.50 Å². The summed E-state index contributed by atoms with van der Waals surface area (Å²) in [6, 6.07) is 7.29. The SMILES string of the molecule is CC(CO)(Cc1ccccc1F)NC1CCCCCC1. The van der Waals surface area contributed by atoms with Gasteiger partial charge in [0.1, 0.15) is 5.82 Å². The van der Waals surface area contributed by atoms with Gasteiger partial charge in [-0.2, -0.15) is 0 Å². The van der Waals surface area contributed by atoms with Crippen molar-refractivity contribution in [2.75, 3.05) is 6.61 Å². The highest BCUT2D eigenvalue weighted by atomic mass is 19.1. The molecule has 0 amide bonds. The summed E-state index contributed by atoms with van der Waals surface area (Å²) in [5.74, 6) is -0.185. The Morgan fingerprint density at radius 1 is 1.20 bits per heavy atom. The Labute approximate surface area is 121 Å². The molecule has 1 fully saturated rings. The summed E-state index contributed by atoms with van der Waals surface area (Å²) < 4.78 is 13.8. The molecule has 0 aromatic heterocycles. The lowest BCUT2D eigenvalue weighted by molar-refractivity contribution is 0.155. The fourth-order valence-corrected chi connectivity index (χ4v) is 3.13. The smallest absolute Gasteiger partial charge is 0.126 e. The molecular formula is C17H26FNO. The Kier molecular flexibility index (Phi) is 5.55. The van der Waals surface area contributed by atoms with Gasteiger partial charge in [-0.15, -0.1) is 0 Å². The zero-order valence-corrected chi connectivity index (χ0v) is 12.4. The molecule has 2 N–H and O–H groups in total. The molecule has 112 valence electrons. The maximum Gasteiger partial charge on any atom is 0.126 e. The predicted molar refractivity (Wildman–Crippen MR) is 80.2 cm³/mol. The van der Waals surface area contributed by atoms with Crippen molar-refractivity contribution in [3.63, 3.8) is 0 Å². The van der Waals surface area contributed by atoms with E-state index in [1.165, 1.54) is 31.7 Å². The van der Waals surface area contributed by atoms with E-state index in [4.69, 9.17) is 0 Å². The molecule has 1 aliphatic rings. The molecule has 1 aliphatic carbocycles. The number of hydrogen-bond acceptors (Lipinski definition) is 2. The molecule has 0 bridgehead atoms. The van der Waals surface area contributed by atoms with Gasteiger partial charge in [-0.25, -0.2) is 4.39 Å². The van der Waals surface area contributed by atoms with Crippen LogP contribution in [0.4, 0.5) is 4.39 Å². The van der Waals surface area contributed by atoms with Crippen LogP contribution in [0, 0.1) is 5.82 Å². The summed E-state index contributed by atoms with van der Waals surface area (Å²) >= 11 is 0. The number of hydrogen-bond donors (Lipinski definition) is 2. The van der Waals surface area contributed by atoms with E-state index in [1.54, 1.807) is 12.1 Å². The van der Waals surface area contributed by atoms with E-state index in [2.05, 4.69) is 5.32 Å². The van der Waals surface area contributed by atoms with E-state index >= 15 is 0 Å². The average molecular weight is 279 g/mol. The summed E-state index contributed by atoms with van der Waals surface area (Å²) in [5.41, 5.74) is 0.224. The van der Waals surface area contributed by atoms with Crippen molar-refractivity contribution in [3.8, 4) is 0 Å². The van der Waals surface area contributed by atoms with Crippen LogP contribution in [0.15, 0.2) is 24.3 Å². The lowest BCUT2D eigenvalue weighted by atomic mass is 9.91. The van der Waals surface area contributed by atoms with Crippen molar-refractivity contribution in [3.05, 3.63) is 35.6 Å². The van der Waals surface area contributed by atoms with Gasteiger partial charge in [0.05, 0.1) is 6.61 Å². The second kappa shape index (κ2) is 7.19. The van der Waals surface area contributed by atoms with Gasteiger partial charge in [-0.1, -0.05) is 43.9 Å². The highest BCUT2D eigenvalue weighted by molar-refractivity contribution is 5.20. The molecule has 1 aromatic rings. The Hall–Kier alpha value is -0.930. The van der Waals surface area contributed by atoms with E-state index in [1.807, 2.05) is 13.0 Å². The van der Waals surface area contributed by atoms with Gasteiger partial charge in [0, 0.05) is 11.6 Å². The normalized spacial score (nSPS) is 20.4. The Bertz CT molecular complexity index is 415. The fourth-order valence-electron chi connectivity index (χ4n) is 3.13. The van der Waals surface area contributed by atoms with Crippen molar-refractivity contribution in [2.45, 2.75) is 63.5 Å². The van der Waals surface area contributed by atoms with Gasteiger partial charge in [0.15, 0.2) is 0 Å². The first-order chi connectivity index (χ1) is 9.63. The minimum Gasteiger partial charge on any atom is -0.394 e. The second-order valence-electron chi connectivity index (χ2n) is 6.32. The Balaban J connectivity index is 2.02. The van der Waals surface area contributed by atoms with Crippen molar-refractivity contribution >= 4 is 0 Å². The van der Waals surface area contributed by atoms with E-state index in [9.17, 15) is 9.50 Å². The van der Waals surface area contributed by atoms with Gasteiger partial charge in [0.25, 0.3) is 0 Å². The second-order valence-corrected chi connectivity index (χ2v) is 6.32. The van der Waals surface area contributed by atoms with Crippen LogP contribution in [0.3, 0.4) is 0 Å². The third kappa shape index (κ3) is 4.29. The minimum absolute atomic E-state index is 0.0256. The highest BCUT2D eigenvalue weighted by Gasteiger charge is 2.28. The van der Waals surface area contributed by atoms with Crippen LogP contribution in [-0.4, -0.2) is 23.3 Å². The van der Waals surface area contributed by atoms with Crippen LogP contribution in [0.5, 0.6) is 0 Å². The molecule has 2 nitrogen and oxygen atoms in total. The topological polar surface area (TPSA) is 32.3 Å². The van der Waals surface area contributed by atoms with Crippen LogP contribution in [0.1, 0.15) is 51.0 Å². The molecule has 1 aromatic carbocycles. The molecule has 0 heterocycles. The van der Waals surface area contributed by atoms with Gasteiger partial charge in [-0.05, 0) is 37.8 Å². The van der Waals surface area contributed by atoms with E-state index in [0.717, 1.165) is 12.8 Å². The molecule has 0 spiro atoms. The molecule has 1 unspecified atom stereocenters. The van der Waals surface area contributed by atoms with Gasteiger partial charge >= 0.3 is 0 Å². The van der Waals surface area contributed by atoms with Crippen LogP contribution >= 0.6 is 0 Å². The van der Waals surface area contributed by atoms with Crippen molar-refractivity contribution in [1.29, 1.82) is 0 Å². The first-order valence-electron chi connectivity index (χ1n) is 7.75. The number of benzene rings is 1. The van der Waals surface area contributed by atoms with Crippen molar-refractivity contribution in [2.24, 2.45) is 0 Å². The molecular weight excluding hydrogens is 253 g/mol. The summed E-state index contributed by atoms with van der Waals surface area (Å²) in [6.45, 7) is 2.02.